The van der Waals surface area contributed by atoms with E-state index in [0.717, 1.165) is 12.1 Å². The van der Waals surface area contributed by atoms with Crippen LogP contribution < -0.4 is 10.1 Å². The highest BCUT2D eigenvalue weighted by molar-refractivity contribution is 5.98. The molecule has 0 heterocycles. The maximum atomic E-state index is 13.1. The van der Waals surface area contributed by atoms with Crippen molar-refractivity contribution < 1.29 is 28.4 Å². The van der Waals surface area contributed by atoms with Crippen LogP contribution in [0.5, 0.6) is 5.75 Å². The summed E-state index contributed by atoms with van der Waals surface area (Å²) >= 11 is 0. The number of nitro benzene ring substituents is 1. The first-order valence-electron chi connectivity index (χ1n) is 7.41. The van der Waals surface area contributed by atoms with Crippen molar-refractivity contribution in [1.82, 2.24) is 0 Å². The van der Waals surface area contributed by atoms with Crippen molar-refractivity contribution in [2.45, 2.75) is 13.0 Å². The number of rotatable bonds is 6. The number of halogens is 1. The number of non-ortho nitro benzene ring substituents is 1. The standard InChI is InChI=1S/C17H15FN2O6/c1-10(16(21)19-12-5-3-4-11(18)8-12)26-17(22)14-9-13(20(23)24)6-7-15(14)25-2/h3-10H,1-2H3,(H,19,21)/t10-/m0/s1. The molecule has 0 aliphatic rings. The van der Waals surface area contributed by atoms with E-state index in [1.54, 1.807) is 0 Å². The van der Waals surface area contributed by atoms with Gasteiger partial charge in [0.05, 0.1) is 12.0 Å². The number of nitro groups is 1. The fourth-order valence-electron chi connectivity index (χ4n) is 2.06. The van der Waals surface area contributed by atoms with Gasteiger partial charge in [-0.3, -0.25) is 14.9 Å². The summed E-state index contributed by atoms with van der Waals surface area (Å²) in [7, 11) is 1.29. The van der Waals surface area contributed by atoms with Crippen molar-refractivity contribution in [3.8, 4) is 5.75 Å². The van der Waals surface area contributed by atoms with Crippen LogP contribution in [0.2, 0.25) is 0 Å². The number of hydrogen-bond acceptors (Lipinski definition) is 6. The summed E-state index contributed by atoms with van der Waals surface area (Å²) in [6.45, 7) is 1.32. The van der Waals surface area contributed by atoms with Crippen molar-refractivity contribution in [3.63, 3.8) is 0 Å². The first-order valence-corrected chi connectivity index (χ1v) is 7.41. The molecule has 2 aromatic rings. The number of ether oxygens (including phenoxy) is 2. The van der Waals surface area contributed by atoms with Gasteiger partial charge in [0.15, 0.2) is 6.10 Å². The normalized spacial score (nSPS) is 11.3. The fourth-order valence-corrected chi connectivity index (χ4v) is 2.06. The molecule has 1 amide bonds. The van der Waals surface area contributed by atoms with E-state index in [9.17, 15) is 24.1 Å². The van der Waals surface area contributed by atoms with Gasteiger partial charge >= 0.3 is 5.97 Å². The van der Waals surface area contributed by atoms with Gasteiger partial charge in [-0.1, -0.05) is 6.07 Å². The molecular formula is C17H15FN2O6. The molecule has 0 radical (unpaired) electrons. The Labute approximate surface area is 147 Å². The first kappa shape index (κ1) is 18.8. The van der Waals surface area contributed by atoms with Gasteiger partial charge in [-0.25, -0.2) is 9.18 Å². The number of hydrogen-bond donors (Lipinski definition) is 1. The molecule has 0 fully saturated rings. The zero-order valence-electron chi connectivity index (χ0n) is 13.9. The summed E-state index contributed by atoms with van der Waals surface area (Å²) < 4.78 is 23.1. The molecule has 0 saturated carbocycles. The summed E-state index contributed by atoms with van der Waals surface area (Å²) in [5, 5.41) is 13.3. The molecule has 2 aromatic carbocycles. The van der Waals surface area contributed by atoms with Crippen LogP contribution in [-0.2, 0) is 9.53 Å². The Morgan fingerprint density at radius 1 is 1.23 bits per heavy atom. The SMILES string of the molecule is COc1ccc([N+](=O)[O-])cc1C(=O)O[C@@H](C)C(=O)Nc1cccc(F)c1. The number of carbonyl (C=O) groups is 2. The maximum Gasteiger partial charge on any atom is 0.342 e. The van der Waals surface area contributed by atoms with Crippen LogP contribution in [-0.4, -0.2) is 30.0 Å². The molecule has 8 nitrogen and oxygen atoms in total. The second kappa shape index (κ2) is 8.06. The van der Waals surface area contributed by atoms with Crippen molar-refractivity contribution in [2.24, 2.45) is 0 Å². The molecular weight excluding hydrogens is 347 g/mol. The lowest BCUT2D eigenvalue weighted by molar-refractivity contribution is -0.384. The molecule has 136 valence electrons. The van der Waals surface area contributed by atoms with Crippen LogP contribution in [0.4, 0.5) is 15.8 Å². The van der Waals surface area contributed by atoms with Crippen molar-refractivity contribution >= 4 is 23.3 Å². The third-order valence-electron chi connectivity index (χ3n) is 3.36. The Kier molecular flexibility index (Phi) is 5.84. The molecule has 0 spiro atoms. The minimum absolute atomic E-state index is 0.0679. The van der Waals surface area contributed by atoms with Crippen molar-refractivity contribution in [2.75, 3.05) is 12.4 Å². The summed E-state index contributed by atoms with van der Waals surface area (Å²) in [6, 6.07) is 8.64. The van der Waals surface area contributed by atoms with Gasteiger partial charge in [-0.2, -0.15) is 0 Å². The summed E-state index contributed by atoms with van der Waals surface area (Å²) in [6.07, 6.45) is -1.23. The van der Waals surface area contributed by atoms with Gasteiger partial charge in [0, 0.05) is 17.8 Å². The topological polar surface area (TPSA) is 108 Å². The van der Waals surface area contributed by atoms with Crippen LogP contribution in [0.1, 0.15) is 17.3 Å². The lowest BCUT2D eigenvalue weighted by atomic mass is 10.1. The van der Waals surface area contributed by atoms with Gasteiger partial charge in [0.2, 0.25) is 0 Å². The minimum Gasteiger partial charge on any atom is -0.496 e. The number of nitrogens with zero attached hydrogens (tertiary/aromatic N) is 1. The molecule has 0 unspecified atom stereocenters. The Morgan fingerprint density at radius 3 is 2.58 bits per heavy atom. The predicted octanol–water partition coefficient (Wildman–Crippen LogP) is 2.93. The van der Waals surface area contributed by atoms with Crippen LogP contribution in [0.25, 0.3) is 0 Å². The van der Waals surface area contributed by atoms with Gasteiger partial charge in [0.1, 0.15) is 17.1 Å². The highest BCUT2D eigenvalue weighted by atomic mass is 19.1. The average molecular weight is 362 g/mol. The molecule has 0 saturated heterocycles. The van der Waals surface area contributed by atoms with Crippen molar-refractivity contribution in [1.29, 1.82) is 0 Å². The molecule has 0 aliphatic carbocycles. The van der Waals surface area contributed by atoms with Crippen LogP contribution in [0, 0.1) is 15.9 Å². The Bertz CT molecular complexity index is 855. The van der Waals surface area contributed by atoms with Crippen molar-refractivity contribution in [3.05, 3.63) is 64.0 Å². The quantitative estimate of drug-likeness (QED) is 0.481. The average Bonchev–Trinajstić information content (AvgIpc) is 2.60. The van der Waals surface area contributed by atoms with Gasteiger partial charge < -0.3 is 14.8 Å². The van der Waals surface area contributed by atoms with E-state index >= 15 is 0 Å². The zero-order chi connectivity index (χ0) is 19.3. The highest BCUT2D eigenvalue weighted by Gasteiger charge is 2.23. The van der Waals surface area contributed by atoms with E-state index in [1.807, 2.05) is 0 Å². The van der Waals surface area contributed by atoms with E-state index in [1.165, 1.54) is 44.4 Å². The Morgan fingerprint density at radius 2 is 1.96 bits per heavy atom. The van der Waals surface area contributed by atoms with Crippen LogP contribution in [0.3, 0.4) is 0 Å². The molecule has 0 aliphatic heterocycles. The number of methoxy groups -OCH3 is 1. The van der Waals surface area contributed by atoms with E-state index in [-0.39, 0.29) is 22.7 Å². The molecule has 9 heteroatoms. The van der Waals surface area contributed by atoms with E-state index in [0.29, 0.717) is 0 Å². The zero-order valence-corrected chi connectivity index (χ0v) is 13.9. The number of benzene rings is 2. The smallest absolute Gasteiger partial charge is 0.342 e. The number of carbonyl (C=O) groups excluding carboxylic acids is 2. The highest BCUT2D eigenvalue weighted by Crippen LogP contribution is 2.25. The number of anilines is 1. The third kappa shape index (κ3) is 4.53. The van der Waals surface area contributed by atoms with Crippen LogP contribution >= 0.6 is 0 Å². The first-order chi connectivity index (χ1) is 12.3. The van der Waals surface area contributed by atoms with E-state index in [4.69, 9.17) is 9.47 Å². The van der Waals surface area contributed by atoms with Gasteiger partial charge in [-0.15, -0.1) is 0 Å². The lowest BCUT2D eigenvalue weighted by Gasteiger charge is -2.14. The number of amides is 1. The fraction of sp³-hybridized carbons (Fsp3) is 0.176. The summed E-state index contributed by atoms with van der Waals surface area (Å²) in [5.74, 6) is -2.12. The Balaban J connectivity index is 2.12. The third-order valence-corrected chi connectivity index (χ3v) is 3.36. The molecule has 2 rings (SSSR count). The lowest BCUT2D eigenvalue weighted by Crippen LogP contribution is -2.30. The summed E-state index contributed by atoms with van der Waals surface area (Å²) in [4.78, 5) is 34.5. The molecule has 1 N–H and O–H groups in total. The second-order valence-corrected chi connectivity index (χ2v) is 5.19. The Hall–Kier alpha value is -3.49. The molecule has 0 aromatic heterocycles. The monoisotopic (exact) mass is 362 g/mol. The predicted molar refractivity (Wildman–Crippen MR) is 89.6 cm³/mol. The molecule has 26 heavy (non-hydrogen) atoms. The second-order valence-electron chi connectivity index (χ2n) is 5.19. The number of nitrogens with one attached hydrogen (secondary N) is 1. The summed E-state index contributed by atoms with van der Waals surface area (Å²) in [5.41, 5.74) is -0.312. The van der Waals surface area contributed by atoms with E-state index < -0.39 is 28.7 Å². The largest absolute Gasteiger partial charge is 0.496 e. The molecule has 0 bridgehead atoms. The van der Waals surface area contributed by atoms with Gasteiger partial charge in [0.25, 0.3) is 11.6 Å². The van der Waals surface area contributed by atoms with Gasteiger partial charge in [-0.05, 0) is 31.2 Å². The minimum atomic E-state index is -1.23. The maximum absolute atomic E-state index is 13.1. The van der Waals surface area contributed by atoms with Crippen LogP contribution in [0.15, 0.2) is 42.5 Å². The molecule has 1 atom stereocenters. The van der Waals surface area contributed by atoms with E-state index in [2.05, 4.69) is 5.32 Å². The number of esters is 1.